The van der Waals surface area contributed by atoms with Gasteiger partial charge in [0.1, 0.15) is 10.8 Å². The summed E-state index contributed by atoms with van der Waals surface area (Å²) >= 11 is 7.37. The normalized spacial score (nSPS) is 14.8. The molecule has 9 nitrogen and oxygen atoms in total. The molecule has 1 aliphatic heterocycles. The van der Waals surface area contributed by atoms with Crippen LogP contribution in [0.1, 0.15) is 10.4 Å². The van der Waals surface area contributed by atoms with E-state index < -0.39 is 15.9 Å². The summed E-state index contributed by atoms with van der Waals surface area (Å²) in [6, 6.07) is 11.3. The van der Waals surface area contributed by atoms with Crippen LogP contribution in [0, 0.1) is 0 Å². The molecular weight excluding hydrogens is 476 g/mol. The zero-order valence-electron chi connectivity index (χ0n) is 16.9. The minimum atomic E-state index is -3.77. The van der Waals surface area contributed by atoms with Crippen molar-refractivity contribution in [1.82, 2.24) is 14.5 Å². The van der Waals surface area contributed by atoms with Crippen molar-refractivity contribution in [3.8, 4) is 16.3 Å². The number of hydrogen-bond donors (Lipinski definition) is 1. The average Bonchev–Trinajstić information content (AvgIpc) is 3.28. The predicted molar refractivity (Wildman–Crippen MR) is 121 cm³/mol. The van der Waals surface area contributed by atoms with Crippen LogP contribution in [0.4, 0.5) is 5.13 Å². The van der Waals surface area contributed by atoms with Crippen LogP contribution in [-0.4, -0.2) is 62.2 Å². The van der Waals surface area contributed by atoms with Crippen molar-refractivity contribution in [3.05, 3.63) is 53.1 Å². The number of halogens is 1. The summed E-state index contributed by atoms with van der Waals surface area (Å²) in [6.45, 7) is 1.16. The molecular formula is C20H19ClN4O5S2. The van der Waals surface area contributed by atoms with Crippen molar-refractivity contribution in [2.75, 3.05) is 38.7 Å². The molecule has 0 bridgehead atoms. The first kappa shape index (κ1) is 22.6. The largest absolute Gasteiger partial charge is 0.497 e. The zero-order valence-corrected chi connectivity index (χ0v) is 19.3. The molecule has 1 N–H and O–H groups in total. The Morgan fingerprint density at radius 2 is 1.88 bits per heavy atom. The van der Waals surface area contributed by atoms with E-state index in [0.717, 1.165) is 5.56 Å². The van der Waals surface area contributed by atoms with Gasteiger partial charge in [0.15, 0.2) is 0 Å². The van der Waals surface area contributed by atoms with Gasteiger partial charge in [-0.15, -0.1) is 10.2 Å². The maximum absolute atomic E-state index is 12.9. The third kappa shape index (κ3) is 4.76. The van der Waals surface area contributed by atoms with E-state index in [4.69, 9.17) is 21.1 Å². The summed E-state index contributed by atoms with van der Waals surface area (Å²) in [5.41, 5.74) is 0.850. The number of sulfonamides is 1. The molecule has 1 aromatic heterocycles. The molecule has 4 rings (SSSR count). The second-order valence-corrected chi connectivity index (χ2v) is 10.1. The van der Waals surface area contributed by atoms with E-state index in [1.165, 1.54) is 33.8 Å². The summed E-state index contributed by atoms with van der Waals surface area (Å²) < 4.78 is 37.5. The molecule has 0 radical (unpaired) electrons. The number of anilines is 1. The number of aromatic nitrogens is 2. The number of rotatable bonds is 6. The number of benzene rings is 2. The lowest BCUT2D eigenvalue weighted by Gasteiger charge is -2.26. The quantitative estimate of drug-likeness (QED) is 0.560. The molecule has 32 heavy (non-hydrogen) atoms. The summed E-state index contributed by atoms with van der Waals surface area (Å²) in [5, 5.41) is 11.7. The van der Waals surface area contributed by atoms with E-state index >= 15 is 0 Å². The Kier molecular flexibility index (Phi) is 6.72. The van der Waals surface area contributed by atoms with Gasteiger partial charge in [-0.05, 0) is 42.5 Å². The molecule has 1 aliphatic rings. The van der Waals surface area contributed by atoms with E-state index in [1.54, 1.807) is 19.2 Å². The molecule has 168 valence electrons. The number of carbonyl (C=O) groups excluding carboxylic acids is 1. The first-order chi connectivity index (χ1) is 15.4. The number of methoxy groups -OCH3 is 1. The summed E-state index contributed by atoms with van der Waals surface area (Å²) in [4.78, 5) is 12.8. The lowest BCUT2D eigenvalue weighted by Crippen LogP contribution is -2.40. The highest BCUT2D eigenvalue weighted by Gasteiger charge is 2.27. The van der Waals surface area contributed by atoms with Crippen LogP contribution in [-0.2, 0) is 14.8 Å². The highest BCUT2D eigenvalue weighted by atomic mass is 35.5. The Morgan fingerprint density at radius 1 is 1.16 bits per heavy atom. The molecule has 0 aliphatic carbocycles. The lowest BCUT2D eigenvalue weighted by atomic mass is 10.2. The molecule has 0 atom stereocenters. The summed E-state index contributed by atoms with van der Waals surface area (Å²) in [7, 11) is -2.18. The fourth-order valence-electron chi connectivity index (χ4n) is 3.06. The monoisotopic (exact) mass is 494 g/mol. The molecule has 1 fully saturated rings. The Bertz CT molecular complexity index is 1230. The predicted octanol–water partition coefficient (Wildman–Crippen LogP) is 3.14. The average molecular weight is 495 g/mol. The van der Waals surface area contributed by atoms with Gasteiger partial charge in [0.25, 0.3) is 5.91 Å². The fourth-order valence-corrected chi connectivity index (χ4v) is 5.45. The Labute approximate surface area is 194 Å². The van der Waals surface area contributed by atoms with E-state index in [-0.39, 0.29) is 33.7 Å². The smallest absolute Gasteiger partial charge is 0.259 e. The Morgan fingerprint density at radius 3 is 2.56 bits per heavy atom. The number of nitrogens with zero attached hydrogens (tertiary/aromatic N) is 3. The highest BCUT2D eigenvalue weighted by molar-refractivity contribution is 7.89. The van der Waals surface area contributed by atoms with Crippen molar-refractivity contribution >= 4 is 44.0 Å². The number of carbonyl (C=O) groups is 1. The molecule has 2 heterocycles. The highest BCUT2D eigenvalue weighted by Crippen LogP contribution is 2.29. The van der Waals surface area contributed by atoms with Gasteiger partial charge in [0.2, 0.25) is 15.2 Å². The number of hydrogen-bond acceptors (Lipinski definition) is 8. The van der Waals surface area contributed by atoms with Gasteiger partial charge in [0, 0.05) is 18.7 Å². The first-order valence-electron chi connectivity index (χ1n) is 9.55. The number of morpholine rings is 1. The number of amides is 1. The standard InChI is InChI=1S/C20H19ClN4O5S2/c1-29-14-4-2-13(3-5-14)19-23-24-20(31-19)22-18(26)16-12-15(6-7-17(16)21)32(27,28)25-8-10-30-11-9-25/h2-7,12H,8-11H2,1H3,(H,22,24,26). The van der Waals surface area contributed by atoms with Crippen molar-refractivity contribution in [3.63, 3.8) is 0 Å². The Balaban J connectivity index is 1.53. The topological polar surface area (TPSA) is 111 Å². The van der Waals surface area contributed by atoms with E-state index in [2.05, 4.69) is 15.5 Å². The van der Waals surface area contributed by atoms with Gasteiger partial charge in [-0.2, -0.15) is 4.31 Å². The second kappa shape index (κ2) is 9.51. The van der Waals surface area contributed by atoms with Crippen LogP contribution in [0.2, 0.25) is 5.02 Å². The van der Waals surface area contributed by atoms with Gasteiger partial charge < -0.3 is 9.47 Å². The van der Waals surface area contributed by atoms with Crippen molar-refractivity contribution in [2.45, 2.75) is 4.90 Å². The minimum Gasteiger partial charge on any atom is -0.497 e. The summed E-state index contributed by atoms with van der Waals surface area (Å²) in [6.07, 6.45) is 0. The molecule has 2 aromatic carbocycles. The third-order valence-corrected chi connectivity index (χ3v) is 7.88. The zero-order chi connectivity index (χ0) is 22.7. The Hall–Kier alpha value is -2.57. The molecule has 3 aromatic rings. The molecule has 12 heteroatoms. The SMILES string of the molecule is COc1ccc(-c2nnc(NC(=O)c3cc(S(=O)(=O)N4CCOCC4)ccc3Cl)s2)cc1. The summed E-state index contributed by atoms with van der Waals surface area (Å²) in [5.74, 6) is 0.139. The van der Waals surface area contributed by atoms with Gasteiger partial charge in [-0.25, -0.2) is 8.42 Å². The van der Waals surface area contributed by atoms with Crippen LogP contribution >= 0.6 is 22.9 Å². The second-order valence-electron chi connectivity index (χ2n) is 6.75. The minimum absolute atomic E-state index is 0.00913. The van der Waals surface area contributed by atoms with Crippen LogP contribution in [0.3, 0.4) is 0 Å². The number of ether oxygens (including phenoxy) is 2. The van der Waals surface area contributed by atoms with E-state index in [9.17, 15) is 13.2 Å². The van der Waals surface area contributed by atoms with Crippen molar-refractivity contribution < 1.29 is 22.7 Å². The molecule has 0 unspecified atom stereocenters. The fraction of sp³-hybridized carbons (Fsp3) is 0.250. The molecule has 0 saturated carbocycles. The van der Waals surface area contributed by atoms with Gasteiger partial charge >= 0.3 is 0 Å². The molecule has 1 saturated heterocycles. The van der Waals surface area contributed by atoms with Crippen LogP contribution in [0.15, 0.2) is 47.4 Å². The van der Waals surface area contributed by atoms with Crippen LogP contribution in [0.25, 0.3) is 10.6 Å². The maximum Gasteiger partial charge on any atom is 0.259 e. The first-order valence-corrected chi connectivity index (χ1v) is 12.2. The van der Waals surface area contributed by atoms with Crippen molar-refractivity contribution in [1.29, 1.82) is 0 Å². The van der Waals surface area contributed by atoms with Crippen molar-refractivity contribution in [2.24, 2.45) is 0 Å². The van der Waals surface area contributed by atoms with E-state index in [0.29, 0.717) is 24.0 Å². The van der Waals surface area contributed by atoms with Gasteiger partial charge in [-0.3, -0.25) is 10.1 Å². The number of nitrogens with one attached hydrogen (secondary N) is 1. The van der Waals surface area contributed by atoms with Crippen LogP contribution in [0.5, 0.6) is 5.75 Å². The van der Waals surface area contributed by atoms with Crippen LogP contribution < -0.4 is 10.1 Å². The third-order valence-electron chi connectivity index (χ3n) is 4.77. The molecule has 0 spiro atoms. The molecule has 1 amide bonds. The maximum atomic E-state index is 12.9. The van der Waals surface area contributed by atoms with Gasteiger partial charge in [0.05, 0.1) is 35.8 Å². The van der Waals surface area contributed by atoms with E-state index in [1.807, 2.05) is 12.1 Å². The lowest BCUT2D eigenvalue weighted by molar-refractivity contribution is 0.0730. The van der Waals surface area contributed by atoms with Gasteiger partial charge in [-0.1, -0.05) is 22.9 Å².